The van der Waals surface area contributed by atoms with E-state index in [2.05, 4.69) is 14.1 Å². The Morgan fingerprint density at radius 3 is 1.85 bits per heavy atom. The summed E-state index contributed by atoms with van der Waals surface area (Å²) in [6.07, 6.45) is 3.83. The number of methoxy groups -OCH3 is 1. The smallest absolute Gasteiger partial charge is 0.348 e. The molecule has 2 aliphatic heterocycles. The molecule has 2 fully saturated rings. The normalized spacial score (nSPS) is 23.3. The molecule has 2 bridgehead atoms. The molecule has 0 radical (unpaired) electrons. The molecular weight excluding hydrogens is 486 g/mol. The van der Waals surface area contributed by atoms with E-state index in [-0.39, 0.29) is 29.7 Å². The van der Waals surface area contributed by atoms with Crippen molar-refractivity contribution in [3.05, 3.63) is 71.8 Å². The predicted octanol–water partition coefficient (Wildman–Crippen LogP) is 0.437. The maximum absolute atomic E-state index is 13.9. The lowest BCUT2D eigenvalue weighted by Crippen LogP contribution is -3.00. The molecule has 178 valence electrons. The lowest BCUT2D eigenvalue weighted by Gasteiger charge is -2.44. The van der Waals surface area contributed by atoms with Crippen molar-refractivity contribution in [3.8, 4) is 0 Å². The Balaban J connectivity index is 0.00000306. The van der Waals surface area contributed by atoms with Gasteiger partial charge in [0.2, 0.25) is 5.60 Å². The summed E-state index contributed by atoms with van der Waals surface area (Å²) in [5, 5.41) is 0. The first-order valence-corrected chi connectivity index (χ1v) is 11.2. The van der Waals surface area contributed by atoms with E-state index in [4.69, 9.17) is 14.2 Å². The van der Waals surface area contributed by atoms with Crippen molar-refractivity contribution >= 4 is 11.9 Å². The van der Waals surface area contributed by atoms with Crippen molar-refractivity contribution in [2.75, 3.05) is 27.8 Å². The number of fused-ring (bicyclic) bond motifs is 2. The molecule has 0 aromatic heterocycles. The Morgan fingerprint density at radius 2 is 1.39 bits per heavy atom. The summed E-state index contributed by atoms with van der Waals surface area (Å²) in [6, 6.07) is 19.5. The molecule has 2 aliphatic rings. The van der Waals surface area contributed by atoms with Crippen molar-refractivity contribution in [3.63, 3.8) is 0 Å². The highest BCUT2D eigenvalue weighted by Gasteiger charge is 2.52. The maximum atomic E-state index is 13.9. The number of nitrogens with zero attached hydrogens (tertiary/aromatic N) is 1. The van der Waals surface area contributed by atoms with Crippen LogP contribution in [-0.4, -0.2) is 62.4 Å². The Bertz CT molecular complexity index is 894. The van der Waals surface area contributed by atoms with Crippen LogP contribution in [0.3, 0.4) is 0 Å². The van der Waals surface area contributed by atoms with Gasteiger partial charge in [0.05, 0.1) is 33.3 Å². The van der Waals surface area contributed by atoms with E-state index in [1.165, 1.54) is 7.11 Å². The molecule has 4 rings (SSSR count). The van der Waals surface area contributed by atoms with Crippen LogP contribution in [0.2, 0.25) is 0 Å². The molecule has 0 N–H and O–H groups in total. The largest absolute Gasteiger partial charge is 1.00 e. The molecule has 2 saturated heterocycles. The highest BCUT2D eigenvalue weighted by Crippen LogP contribution is 2.42. The van der Waals surface area contributed by atoms with Gasteiger partial charge in [-0.15, -0.1) is 0 Å². The summed E-state index contributed by atoms with van der Waals surface area (Å²) in [7, 11) is 5.85. The summed E-state index contributed by atoms with van der Waals surface area (Å²) in [5.41, 5.74) is -0.317. The Morgan fingerprint density at radius 1 is 0.909 bits per heavy atom. The van der Waals surface area contributed by atoms with Gasteiger partial charge < -0.3 is 35.7 Å². The molecular formula is C26H32BrNO5. The van der Waals surface area contributed by atoms with Gasteiger partial charge in [-0.25, -0.2) is 9.59 Å². The summed E-state index contributed by atoms with van der Waals surface area (Å²) in [4.78, 5) is 25.9. The lowest BCUT2D eigenvalue weighted by molar-refractivity contribution is -0.931. The highest BCUT2D eigenvalue weighted by molar-refractivity contribution is 5.86. The van der Waals surface area contributed by atoms with Gasteiger partial charge in [0.15, 0.2) is 0 Å². The molecule has 0 amide bonds. The number of carbonyl (C=O) groups excluding carboxylic acids is 2. The summed E-state index contributed by atoms with van der Waals surface area (Å²) >= 11 is 0. The van der Waals surface area contributed by atoms with E-state index in [0.29, 0.717) is 23.2 Å². The van der Waals surface area contributed by atoms with Gasteiger partial charge in [0.1, 0.15) is 12.7 Å². The highest BCUT2D eigenvalue weighted by atomic mass is 79.9. The fourth-order valence-corrected chi connectivity index (χ4v) is 5.36. The van der Waals surface area contributed by atoms with Crippen LogP contribution in [0.15, 0.2) is 60.7 Å². The Hall–Kier alpha value is -2.22. The van der Waals surface area contributed by atoms with Gasteiger partial charge in [-0.2, -0.15) is 0 Å². The molecule has 0 spiro atoms. The average Bonchev–Trinajstić information content (AvgIpc) is 2.96. The standard InChI is InChI=1S/C26H32NO5.BrH/c1-27(2)21-14-15-22(27)17-23(16-21)32-25(29)26(31-18-24(28)30-3,19-10-6-4-7-11-19)20-12-8-5-9-13-20;/h4-13,21-23H,14-18H2,1-3H3;1H/q+1;/p-1/t21-,22+,23+;. The molecule has 2 aromatic carbocycles. The summed E-state index contributed by atoms with van der Waals surface area (Å²) in [6.45, 7) is -0.366. The number of hydrogen-bond acceptors (Lipinski definition) is 5. The molecule has 0 unspecified atom stereocenters. The zero-order valence-corrected chi connectivity index (χ0v) is 21.0. The van der Waals surface area contributed by atoms with Crippen molar-refractivity contribution in [1.82, 2.24) is 0 Å². The number of ether oxygens (including phenoxy) is 3. The molecule has 3 atom stereocenters. The number of halogens is 1. The first-order chi connectivity index (χ1) is 15.4. The van der Waals surface area contributed by atoms with Crippen molar-refractivity contribution < 1.29 is 45.3 Å². The molecule has 7 heteroatoms. The topological polar surface area (TPSA) is 61.8 Å². The van der Waals surface area contributed by atoms with Gasteiger partial charge in [0, 0.05) is 25.7 Å². The number of carbonyl (C=O) groups is 2. The lowest BCUT2D eigenvalue weighted by atomic mass is 9.85. The zero-order valence-electron chi connectivity index (χ0n) is 19.4. The van der Waals surface area contributed by atoms with E-state index in [1.54, 1.807) is 0 Å². The molecule has 6 nitrogen and oxygen atoms in total. The number of esters is 2. The maximum Gasteiger partial charge on any atom is 0.348 e. The van der Waals surface area contributed by atoms with Gasteiger partial charge in [-0.3, -0.25) is 0 Å². The zero-order chi connectivity index (χ0) is 22.8. The van der Waals surface area contributed by atoms with Crippen LogP contribution in [0.5, 0.6) is 0 Å². The van der Waals surface area contributed by atoms with Gasteiger partial charge >= 0.3 is 11.9 Å². The third-order valence-electron chi connectivity index (χ3n) is 7.34. The predicted molar refractivity (Wildman–Crippen MR) is 120 cm³/mol. The number of rotatable bonds is 7. The quantitative estimate of drug-likeness (QED) is 0.394. The monoisotopic (exact) mass is 517 g/mol. The molecule has 0 aliphatic carbocycles. The van der Waals surface area contributed by atoms with Crippen molar-refractivity contribution in [1.29, 1.82) is 0 Å². The van der Waals surface area contributed by atoms with E-state index >= 15 is 0 Å². The van der Waals surface area contributed by atoms with Crippen LogP contribution in [0, 0.1) is 0 Å². The first-order valence-electron chi connectivity index (χ1n) is 11.2. The van der Waals surface area contributed by atoms with Crippen LogP contribution in [0.1, 0.15) is 36.8 Å². The van der Waals surface area contributed by atoms with Crippen LogP contribution in [0.25, 0.3) is 0 Å². The second kappa shape index (κ2) is 10.4. The summed E-state index contributed by atoms with van der Waals surface area (Å²) in [5.74, 6) is -1.04. The second-order valence-electron chi connectivity index (χ2n) is 9.29. The number of piperidine rings is 1. The number of benzene rings is 2. The Labute approximate surface area is 206 Å². The van der Waals surface area contributed by atoms with Gasteiger partial charge in [0.25, 0.3) is 0 Å². The SMILES string of the molecule is COC(=O)COC(C(=O)O[C@H]1C[C@H]2CC[C@@H](C1)[N+]2(C)C)(c1ccccc1)c1ccccc1.[Br-]. The van der Waals surface area contributed by atoms with Crippen LogP contribution >= 0.6 is 0 Å². The van der Waals surface area contributed by atoms with E-state index < -0.39 is 17.5 Å². The van der Waals surface area contributed by atoms with Crippen LogP contribution in [0.4, 0.5) is 0 Å². The second-order valence-corrected chi connectivity index (χ2v) is 9.29. The van der Waals surface area contributed by atoms with Crippen molar-refractivity contribution in [2.45, 2.75) is 49.5 Å². The minimum absolute atomic E-state index is 0. The van der Waals surface area contributed by atoms with Crippen LogP contribution in [-0.2, 0) is 29.4 Å². The van der Waals surface area contributed by atoms with E-state index in [1.807, 2.05) is 60.7 Å². The Kier molecular flexibility index (Phi) is 7.98. The third kappa shape index (κ3) is 4.86. The molecule has 33 heavy (non-hydrogen) atoms. The van der Waals surface area contributed by atoms with E-state index in [0.717, 1.165) is 30.2 Å². The third-order valence-corrected chi connectivity index (χ3v) is 7.34. The summed E-state index contributed by atoms with van der Waals surface area (Å²) < 4.78 is 18.1. The fourth-order valence-electron chi connectivity index (χ4n) is 5.36. The number of hydrogen-bond donors (Lipinski definition) is 0. The molecule has 2 heterocycles. The minimum atomic E-state index is -1.56. The van der Waals surface area contributed by atoms with Gasteiger partial charge in [-0.1, -0.05) is 60.7 Å². The molecule has 2 aromatic rings. The van der Waals surface area contributed by atoms with E-state index in [9.17, 15) is 9.59 Å². The van der Waals surface area contributed by atoms with Gasteiger partial charge in [-0.05, 0) is 11.1 Å². The minimum Gasteiger partial charge on any atom is -1.00 e. The first kappa shape index (κ1) is 25.4. The molecule has 0 saturated carbocycles. The number of quaternary nitrogens is 1. The van der Waals surface area contributed by atoms with Crippen molar-refractivity contribution in [2.24, 2.45) is 0 Å². The average molecular weight is 518 g/mol. The van der Waals surface area contributed by atoms with Crippen LogP contribution < -0.4 is 17.0 Å². The fraction of sp³-hybridized carbons (Fsp3) is 0.462.